The quantitative estimate of drug-likeness (QED) is 0.897. The number of rotatable bonds is 4. The van der Waals surface area contributed by atoms with E-state index in [4.69, 9.17) is 26.6 Å². The molecule has 0 aliphatic carbocycles. The SMILES string of the molecule is OCc1ccccc1Oc1nc(Cl)c(CO)s1. The Morgan fingerprint density at radius 2 is 2.00 bits per heavy atom. The Bertz CT molecular complexity index is 515. The summed E-state index contributed by atoms with van der Waals surface area (Å²) in [5.41, 5.74) is 0.671. The summed E-state index contributed by atoms with van der Waals surface area (Å²) in [6, 6.07) is 7.11. The van der Waals surface area contributed by atoms with Crippen molar-refractivity contribution >= 4 is 22.9 Å². The van der Waals surface area contributed by atoms with Gasteiger partial charge in [-0.1, -0.05) is 41.1 Å². The number of para-hydroxylation sites is 1. The van der Waals surface area contributed by atoms with E-state index in [1.54, 1.807) is 18.2 Å². The van der Waals surface area contributed by atoms with Crippen LogP contribution >= 0.6 is 22.9 Å². The van der Waals surface area contributed by atoms with Crippen LogP contribution in [0.1, 0.15) is 10.4 Å². The summed E-state index contributed by atoms with van der Waals surface area (Å²) in [7, 11) is 0. The summed E-state index contributed by atoms with van der Waals surface area (Å²) in [6.07, 6.45) is 0. The Morgan fingerprint density at radius 1 is 1.24 bits per heavy atom. The van der Waals surface area contributed by atoms with Gasteiger partial charge in [0.15, 0.2) is 0 Å². The summed E-state index contributed by atoms with van der Waals surface area (Å²) in [5.74, 6) is 0.532. The molecule has 0 saturated carbocycles. The topological polar surface area (TPSA) is 62.6 Å². The van der Waals surface area contributed by atoms with Crippen molar-refractivity contribution in [3.8, 4) is 10.9 Å². The van der Waals surface area contributed by atoms with E-state index in [2.05, 4.69) is 4.98 Å². The molecule has 90 valence electrons. The second kappa shape index (κ2) is 5.46. The van der Waals surface area contributed by atoms with Crippen LogP contribution < -0.4 is 4.74 Å². The highest BCUT2D eigenvalue weighted by atomic mass is 35.5. The van der Waals surface area contributed by atoms with Crippen molar-refractivity contribution in [1.82, 2.24) is 4.98 Å². The van der Waals surface area contributed by atoms with Gasteiger partial charge in [0.25, 0.3) is 5.19 Å². The molecule has 0 aliphatic heterocycles. The molecule has 1 aromatic carbocycles. The van der Waals surface area contributed by atoms with Crippen molar-refractivity contribution in [1.29, 1.82) is 0 Å². The molecule has 2 rings (SSSR count). The number of hydrogen-bond donors (Lipinski definition) is 2. The molecule has 2 N–H and O–H groups in total. The maximum atomic E-state index is 9.14. The van der Waals surface area contributed by atoms with Crippen molar-refractivity contribution in [2.45, 2.75) is 13.2 Å². The molecule has 0 amide bonds. The molecule has 0 radical (unpaired) electrons. The van der Waals surface area contributed by atoms with E-state index in [0.717, 1.165) is 0 Å². The summed E-state index contributed by atoms with van der Waals surface area (Å²) >= 11 is 6.97. The van der Waals surface area contributed by atoms with Crippen LogP contribution in [0.15, 0.2) is 24.3 Å². The minimum atomic E-state index is -0.165. The molecule has 0 atom stereocenters. The normalized spacial score (nSPS) is 10.5. The highest BCUT2D eigenvalue weighted by Gasteiger charge is 2.11. The maximum Gasteiger partial charge on any atom is 0.280 e. The first kappa shape index (κ1) is 12.3. The van der Waals surface area contributed by atoms with Gasteiger partial charge in [0.2, 0.25) is 0 Å². The van der Waals surface area contributed by atoms with Gasteiger partial charge in [-0.2, -0.15) is 4.98 Å². The predicted octanol–water partition coefficient (Wildman–Crippen LogP) is 2.57. The summed E-state index contributed by atoms with van der Waals surface area (Å²) in [5, 5.41) is 18.7. The number of aliphatic hydroxyl groups is 2. The van der Waals surface area contributed by atoms with Gasteiger partial charge in [0.1, 0.15) is 10.9 Å². The van der Waals surface area contributed by atoms with Gasteiger partial charge >= 0.3 is 0 Å². The van der Waals surface area contributed by atoms with Crippen molar-refractivity contribution in [3.05, 3.63) is 39.9 Å². The molecule has 0 unspecified atom stereocenters. The molecule has 4 nitrogen and oxygen atoms in total. The monoisotopic (exact) mass is 271 g/mol. The molecular weight excluding hydrogens is 262 g/mol. The first-order valence-corrected chi connectivity index (χ1v) is 6.06. The first-order chi connectivity index (χ1) is 8.24. The lowest BCUT2D eigenvalue weighted by atomic mass is 10.2. The van der Waals surface area contributed by atoms with Gasteiger partial charge in [0, 0.05) is 5.56 Å². The van der Waals surface area contributed by atoms with Crippen LogP contribution in [0.3, 0.4) is 0 Å². The van der Waals surface area contributed by atoms with Crippen LogP contribution in [0.25, 0.3) is 0 Å². The lowest BCUT2D eigenvalue weighted by molar-refractivity contribution is 0.276. The Hall–Kier alpha value is -1.14. The predicted molar refractivity (Wildman–Crippen MR) is 65.5 cm³/mol. The highest BCUT2D eigenvalue weighted by molar-refractivity contribution is 7.13. The lowest BCUT2D eigenvalue weighted by Crippen LogP contribution is -1.90. The number of aliphatic hydroxyl groups excluding tert-OH is 2. The van der Waals surface area contributed by atoms with Crippen molar-refractivity contribution < 1.29 is 14.9 Å². The third kappa shape index (κ3) is 2.76. The van der Waals surface area contributed by atoms with Gasteiger partial charge in [-0.05, 0) is 6.07 Å². The molecule has 17 heavy (non-hydrogen) atoms. The zero-order valence-electron chi connectivity index (χ0n) is 8.76. The Balaban J connectivity index is 2.25. The summed E-state index contributed by atoms with van der Waals surface area (Å²) < 4.78 is 5.52. The highest BCUT2D eigenvalue weighted by Crippen LogP contribution is 2.33. The lowest BCUT2D eigenvalue weighted by Gasteiger charge is -2.05. The van der Waals surface area contributed by atoms with Crippen LogP contribution in [0.5, 0.6) is 10.9 Å². The average Bonchev–Trinajstić information content (AvgIpc) is 2.70. The number of benzene rings is 1. The first-order valence-electron chi connectivity index (χ1n) is 4.87. The molecule has 6 heteroatoms. The standard InChI is InChI=1S/C11H10ClNO3S/c12-10-9(6-15)17-11(13-10)16-8-4-2-1-3-7(8)5-14/h1-4,14-15H,5-6H2. The van der Waals surface area contributed by atoms with E-state index in [0.29, 0.717) is 21.4 Å². The van der Waals surface area contributed by atoms with E-state index in [1.165, 1.54) is 11.3 Å². The summed E-state index contributed by atoms with van der Waals surface area (Å²) in [6.45, 7) is -0.274. The third-order valence-corrected chi connectivity index (χ3v) is 3.46. The summed E-state index contributed by atoms with van der Waals surface area (Å²) in [4.78, 5) is 4.53. The zero-order chi connectivity index (χ0) is 12.3. The van der Waals surface area contributed by atoms with Gasteiger partial charge in [-0.3, -0.25) is 0 Å². The molecule has 0 spiro atoms. The largest absolute Gasteiger partial charge is 0.430 e. The molecule has 0 bridgehead atoms. The molecule has 2 aromatic rings. The number of aromatic nitrogens is 1. The van der Waals surface area contributed by atoms with Crippen molar-refractivity contribution in [2.75, 3.05) is 0 Å². The van der Waals surface area contributed by atoms with E-state index in [9.17, 15) is 0 Å². The Kier molecular flexibility index (Phi) is 3.96. The van der Waals surface area contributed by atoms with Crippen LogP contribution in [0.2, 0.25) is 5.15 Å². The number of halogens is 1. The molecule has 0 aliphatic rings. The van der Waals surface area contributed by atoms with E-state index in [1.807, 2.05) is 6.07 Å². The van der Waals surface area contributed by atoms with E-state index >= 15 is 0 Å². The van der Waals surface area contributed by atoms with Crippen molar-refractivity contribution in [3.63, 3.8) is 0 Å². The van der Waals surface area contributed by atoms with Gasteiger partial charge < -0.3 is 14.9 Å². The zero-order valence-corrected chi connectivity index (χ0v) is 10.3. The molecule has 0 saturated heterocycles. The van der Waals surface area contributed by atoms with Crippen LogP contribution in [0, 0.1) is 0 Å². The van der Waals surface area contributed by atoms with E-state index in [-0.39, 0.29) is 18.4 Å². The smallest absolute Gasteiger partial charge is 0.280 e. The maximum absolute atomic E-state index is 9.14. The van der Waals surface area contributed by atoms with Crippen molar-refractivity contribution in [2.24, 2.45) is 0 Å². The van der Waals surface area contributed by atoms with Gasteiger partial charge in [-0.15, -0.1) is 0 Å². The second-order valence-electron chi connectivity index (χ2n) is 3.22. The van der Waals surface area contributed by atoms with E-state index < -0.39 is 0 Å². The minimum Gasteiger partial charge on any atom is -0.430 e. The van der Waals surface area contributed by atoms with Crippen LogP contribution in [0.4, 0.5) is 0 Å². The average molecular weight is 272 g/mol. The minimum absolute atomic E-state index is 0.109. The number of nitrogens with zero attached hydrogens (tertiary/aromatic N) is 1. The van der Waals surface area contributed by atoms with Crippen LogP contribution in [-0.2, 0) is 13.2 Å². The number of hydrogen-bond acceptors (Lipinski definition) is 5. The fourth-order valence-electron chi connectivity index (χ4n) is 1.28. The number of thiazole rings is 1. The molecule has 0 fully saturated rings. The van der Waals surface area contributed by atoms with Gasteiger partial charge in [0.05, 0.1) is 18.1 Å². The molecule has 1 aromatic heterocycles. The Morgan fingerprint density at radius 3 is 2.65 bits per heavy atom. The fourth-order valence-corrected chi connectivity index (χ4v) is 2.26. The van der Waals surface area contributed by atoms with Gasteiger partial charge in [-0.25, -0.2) is 0 Å². The third-order valence-electron chi connectivity index (χ3n) is 2.11. The Labute approximate surface area is 107 Å². The number of ether oxygens (including phenoxy) is 1. The van der Waals surface area contributed by atoms with Crippen LogP contribution in [-0.4, -0.2) is 15.2 Å². The second-order valence-corrected chi connectivity index (χ2v) is 4.62. The molecular formula is C11H10ClNO3S. The molecule has 1 heterocycles. The fraction of sp³-hybridized carbons (Fsp3) is 0.182.